The van der Waals surface area contributed by atoms with Crippen LogP contribution in [0.25, 0.3) is 0 Å². The quantitative estimate of drug-likeness (QED) is 0.755. The van der Waals surface area contributed by atoms with Crippen LogP contribution in [0.4, 0.5) is 0 Å². The molecule has 3 atom stereocenters. The van der Waals surface area contributed by atoms with Gasteiger partial charge >= 0.3 is 0 Å². The van der Waals surface area contributed by atoms with E-state index in [1.54, 1.807) is 0 Å². The molecule has 24 heavy (non-hydrogen) atoms. The van der Waals surface area contributed by atoms with Crippen LogP contribution >= 0.6 is 11.8 Å². The number of thioether (sulfide) groups is 1. The van der Waals surface area contributed by atoms with Crippen LogP contribution in [0, 0.1) is 5.92 Å². The van der Waals surface area contributed by atoms with Crippen LogP contribution in [0.3, 0.4) is 0 Å². The molecule has 0 aromatic heterocycles. The molecule has 2 aliphatic heterocycles. The first-order valence-electron chi connectivity index (χ1n) is 9.41. The molecule has 2 N–H and O–H groups in total. The van der Waals surface area contributed by atoms with E-state index in [1.807, 2.05) is 0 Å². The number of sulfone groups is 1. The molecule has 0 amide bonds. The van der Waals surface area contributed by atoms with E-state index in [-0.39, 0.29) is 5.25 Å². The van der Waals surface area contributed by atoms with Gasteiger partial charge in [-0.2, -0.15) is 11.8 Å². The molecule has 3 unspecified atom stereocenters. The average molecular weight is 376 g/mol. The molecule has 0 radical (unpaired) electrons. The van der Waals surface area contributed by atoms with Crippen LogP contribution in [-0.4, -0.2) is 74.7 Å². The molecule has 3 aliphatic rings. The Kier molecular flexibility index (Phi) is 6.52. The van der Waals surface area contributed by atoms with Gasteiger partial charge in [-0.25, -0.2) is 8.42 Å². The lowest BCUT2D eigenvalue weighted by Gasteiger charge is -2.42. The second kappa shape index (κ2) is 8.25. The molecular formula is C17H33N3O2S2. The van der Waals surface area contributed by atoms with E-state index >= 15 is 0 Å². The number of hydrogen-bond acceptors (Lipinski definition) is 6. The predicted molar refractivity (Wildman–Crippen MR) is 102 cm³/mol. The molecule has 3 rings (SSSR count). The largest absolute Gasteiger partial charge is 0.312 e. The van der Waals surface area contributed by atoms with Crippen molar-refractivity contribution in [2.75, 3.05) is 38.7 Å². The lowest BCUT2D eigenvalue weighted by Crippen LogP contribution is -2.63. The van der Waals surface area contributed by atoms with Crippen LogP contribution in [0.2, 0.25) is 0 Å². The molecule has 2 saturated heterocycles. The molecule has 0 bridgehead atoms. The Balaban J connectivity index is 1.48. The normalized spacial score (nSPS) is 38.5. The van der Waals surface area contributed by atoms with Gasteiger partial charge in [-0.15, -0.1) is 0 Å². The Morgan fingerprint density at radius 1 is 1.12 bits per heavy atom. The summed E-state index contributed by atoms with van der Waals surface area (Å²) in [6.45, 7) is 3.18. The number of nitrogens with one attached hydrogen (secondary N) is 2. The molecule has 2 heterocycles. The SMILES string of the molecule is CN(CC1CCCS1)C1CNCC(C2CCC(S(C)(=O)=O)CC2)N1. The number of piperazine rings is 1. The summed E-state index contributed by atoms with van der Waals surface area (Å²) in [7, 11) is -0.627. The number of nitrogens with zero attached hydrogens (tertiary/aromatic N) is 1. The first-order valence-corrected chi connectivity index (χ1v) is 12.4. The zero-order valence-electron chi connectivity index (χ0n) is 15.0. The van der Waals surface area contributed by atoms with Crippen LogP contribution < -0.4 is 10.6 Å². The van der Waals surface area contributed by atoms with Crippen molar-refractivity contribution in [1.82, 2.24) is 15.5 Å². The minimum absolute atomic E-state index is 0.108. The highest BCUT2D eigenvalue weighted by molar-refractivity contribution is 8.00. The molecule has 3 fully saturated rings. The summed E-state index contributed by atoms with van der Waals surface area (Å²) in [5.41, 5.74) is 0. The monoisotopic (exact) mass is 375 g/mol. The molecule has 0 aromatic rings. The first-order chi connectivity index (χ1) is 11.4. The fourth-order valence-corrected chi connectivity index (χ4v) is 6.95. The summed E-state index contributed by atoms with van der Waals surface area (Å²) >= 11 is 2.12. The van der Waals surface area contributed by atoms with Gasteiger partial charge in [0.1, 0.15) is 9.84 Å². The topological polar surface area (TPSA) is 61.4 Å². The number of rotatable bonds is 5. The summed E-state index contributed by atoms with van der Waals surface area (Å²) in [5.74, 6) is 1.92. The minimum atomic E-state index is -2.86. The van der Waals surface area contributed by atoms with E-state index in [0.717, 1.165) is 50.6 Å². The van der Waals surface area contributed by atoms with E-state index < -0.39 is 9.84 Å². The standard InChI is InChI=1S/C17H33N3O2S2/c1-20(12-14-4-3-9-23-14)17-11-18-10-16(19-17)13-5-7-15(8-6-13)24(2,21)22/h13-19H,3-12H2,1-2H3. The van der Waals surface area contributed by atoms with Gasteiger partial charge in [0.2, 0.25) is 0 Å². The van der Waals surface area contributed by atoms with Crippen molar-refractivity contribution in [1.29, 1.82) is 0 Å². The van der Waals surface area contributed by atoms with Gasteiger partial charge < -0.3 is 5.32 Å². The van der Waals surface area contributed by atoms with Crippen molar-refractivity contribution in [3.05, 3.63) is 0 Å². The van der Waals surface area contributed by atoms with E-state index in [4.69, 9.17) is 0 Å². The van der Waals surface area contributed by atoms with Gasteiger partial charge in [0.15, 0.2) is 0 Å². The number of hydrogen-bond donors (Lipinski definition) is 2. The molecule has 5 nitrogen and oxygen atoms in total. The molecule has 7 heteroatoms. The molecule has 1 saturated carbocycles. The Morgan fingerprint density at radius 3 is 2.50 bits per heavy atom. The third kappa shape index (κ3) is 4.87. The first kappa shape index (κ1) is 19.0. The van der Waals surface area contributed by atoms with Gasteiger partial charge in [-0.1, -0.05) is 0 Å². The summed E-state index contributed by atoms with van der Waals surface area (Å²) in [6.07, 6.45) is 8.25. The van der Waals surface area contributed by atoms with Gasteiger partial charge in [0.05, 0.1) is 11.4 Å². The molecule has 0 aromatic carbocycles. The Bertz CT molecular complexity index is 500. The lowest BCUT2D eigenvalue weighted by molar-refractivity contribution is 0.124. The molecule has 0 spiro atoms. The van der Waals surface area contributed by atoms with Crippen LogP contribution in [-0.2, 0) is 9.84 Å². The Morgan fingerprint density at radius 2 is 1.88 bits per heavy atom. The highest BCUT2D eigenvalue weighted by atomic mass is 32.2. The highest BCUT2D eigenvalue weighted by Crippen LogP contribution is 2.31. The molecular weight excluding hydrogens is 342 g/mol. The van der Waals surface area contributed by atoms with Crippen LogP contribution in [0.15, 0.2) is 0 Å². The summed E-state index contributed by atoms with van der Waals surface area (Å²) in [6, 6.07) is 0.475. The number of likely N-dealkylation sites (N-methyl/N-ethyl adjacent to an activating group) is 1. The third-order valence-corrected chi connectivity index (χ3v) is 9.11. The third-order valence-electron chi connectivity index (χ3n) is 6.05. The maximum Gasteiger partial charge on any atom is 0.150 e. The van der Waals surface area contributed by atoms with Crippen molar-refractivity contribution in [3.8, 4) is 0 Å². The lowest BCUT2D eigenvalue weighted by atomic mass is 9.83. The van der Waals surface area contributed by atoms with Gasteiger partial charge in [-0.3, -0.25) is 10.2 Å². The highest BCUT2D eigenvalue weighted by Gasteiger charge is 2.35. The fraction of sp³-hybridized carbons (Fsp3) is 1.00. The predicted octanol–water partition coefficient (Wildman–Crippen LogP) is 1.30. The van der Waals surface area contributed by atoms with Gasteiger partial charge in [0.25, 0.3) is 0 Å². The van der Waals surface area contributed by atoms with Gasteiger partial charge in [-0.05, 0) is 57.2 Å². The maximum absolute atomic E-state index is 11.7. The van der Waals surface area contributed by atoms with Crippen molar-refractivity contribution >= 4 is 21.6 Å². The maximum atomic E-state index is 11.7. The second-order valence-corrected chi connectivity index (χ2v) is 11.6. The van der Waals surface area contributed by atoms with Crippen LogP contribution in [0.5, 0.6) is 0 Å². The van der Waals surface area contributed by atoms with E-state index in [9.17, 15) is 8.42 Å². The van der Waals surface area contributed by atoms with Crippen molar-refractivity contribution in [3.63, 3.8) is 0 Å². The minimum Gasteiger partial charge on any atom is -0.312 e. The van der Waals surface area contributed by atoms with Crippen molar-refractivity contribution in [2.24, 2.45) is 5.92 Å². The van der Waals surface area contributed by atoms with E-state index in [0.29, 0.717) is 18.1 Å². The smallest absolute Gasteiger partial charge is 0.150 e. The average Bonchev–Trinajstić information content (AvgIpc) is 3.07. The Labute approximate surface area is 151 Å². The van der Waals surface area contributed by atoms with Crippen molar-refractivity contribution in [2.45, 2.75) is 61.2 Å². The van der Waals surface area contributed by atoms with Gasteiger partial charge in [0, 0.05) is 37.2 Å². The summed E-state index contributed by atoms with van der Waals surface area (Å²) in [4.78, 5) is 2.48. The van der Waals surface area contributed by atoms with E-state index in [1.165, 1.54) is 24.9 Å². The zero-order chi connectivity index (χ0) is 17.2. The summed E-state index contributed by atoms with van der Waals surface area (Å²) < 4.78 is 23.5. The van der Waals surface area contributed by atoms with Crippen molar-refractivity contribution < 1.29 is 8.42 Å². The fourth-order valence-electron chi connectivity index (χ4n) is 4.48. The van der Waals surface area contributed by atoms with Crippen LogP contribution in [0.1, 0.15) is 38.5 Å². The second-order valence-electron chi connectivity index (χ2n) is 7.89. The zero-order valence-corrected chi connectivity index (χ0v) is 16.7. The Hall–Kier alpha value is 0.180. The summed E-state index contributed by atoms with van der Waals surface area (Å²) in [5, 5.41) is 8.14. The molecule has 140 valence electrons. The molecule has 1 aliphatic carbocycles. The van der Waals surface area contributed by atoms with E-state index in [2.05, 4.69) is 34.3 Å².